The monoisotopic (exact) mass is 495 g/mol. The molecule has 0 aliphatic carbocycles. The van der Waals surface area contributed by atoms with Crippen LogP contribution >= 0.6 is 11.6 Å². The molecule has 1 N–H and O–H groups in total. The quantitative estimate of drug-likeness (QED) is 0.546. The van der Waals surface area contributed by atoms with Gasteiger partial charge in [0.2, 0.25) is 21.8 Å². The molecule has 0 heterocycles. The molecule has 0 unspecified atom stereocenters. The van der Waals surface area contributed by atoms with Gasteiger partial charge >= 0.3 is 0 Å². The number of hydrogen-bond donors (Lipinski definition) is 1. The molecule has 33 heavy (non-hydrogen) atoms. The van der Waals surface area contributed by atoms with Crippen molar-refractivity contribution in [3.63, 3.8) is 0 Å². The van der Waals surface area contributed by atoms with Crippen molar-refractivity contribution in [1.82, 2.24) is 10.2 Å². The van der Waals surface area contributed by atoms with E-state index >= 15 is 0 Å². The zero-order valence-electron chi connectivity index (χ0n) is 19.5. The predicted molar refractivity (Wildman–Crippen MR) is 130 cm³/mol. The Hall–Kier alpha value is -2.78. The number of nitrogens with zero attached hydrogens (tertiary/aromatic N) is 2. The summed E-state index contributed by atoms with van der Waals surface area (Å²) in [7, 11) is -2.26. The van der Waals surface area contributed by atoms with E-state index in [-0.39, 0.29) is 12.5 Å². The summed E-state index contributed by atoms with van der Waals surface area (Å²) in [5.74, 6) is -0.188. The van der Waals surface area contributed by atoms with Gasteiger partial charge in [-0.1, -0.05) is 29.8 Å². The number of sulfonamides is 1. The van der Waals surface area contributed by atoms with Crippen LogP contribution in [0, 0.1) is 6.92 Å². The van der Waals surface area contributed by atoms with Crippen molar-refractivity contribution in [2.75, 3.05) is 30.8 Å². The van der Waals surface area contributed by atoms with Gasteiger partial charge in [0.05, 0.1) is 19.1 Å². The minimum atomic E-state index is -3.81. The van der Waals surface area contributed by atoms with Gasteiger partial charge in [0.1, 0.15) is 18.3 Å². The molecule has 1 atom stereocenters. The summed E-state index contributed by atoms with van der Waals surface area (Å²) >= 11 is 6.19. The maximum absolute atomic E-state index is 13.4. The second kappa shape index (κ2) is 11.4. The van der Waals surface area contributed by atoms with Crippen LogP contribution in [0.15, 0.2) is 42.5 Å². The van der Waals surface area contributed by atoms with E-state index in [0.717, 1.165) is 16.1 Å². The van der Waals surface area contributed by atoms with E-state index in [1.54, 1.807) is 70.3 Å². The van der Waals surface area contributed by atoms with Gasteiger partial charge in [0, 0.05) is 18.1 Å². The fourth-order valence-electron chi connectivity index (χ4n) is 3.29. The summed E-state index contributed by atoms with van der Waals surface area (Å²) in [5, 5.41) is 3.10. The van der Waals surface area contributed by atoms with Crippen molar-refractivity contribution in [3.05, 3.63) is 58.6 Å². The molecule has 0 fully saturated rings. The second-order valence-electron chi connectivity index (χ2n) is 7.59. The zero-order valence-corrected chi connectivity index (χ0v) is 21.0. The average Bonchev–Trinajstić information content (AvgIpc) is 2.77. The number of benzene rings is 2. The van der Waals surface area contributed by atoms with Crippen molar-refractivity contribution >= 4 is 39.1 Å². The van der Waals surface area contributed by atoms with E-state index in [4.69, 9.17) is 16.3 Å². The first-order valence-corrected chi connectivity index (χ1v) is 12.6. The molecular formula is C23H30ClN3O5S. The van der Waals surface area contributed by atoms with Crippen LogP contribution in [-0.4, -0.2) is 57.6 Å². The standard InChI is InChI=1S/C23H30ClN3O5S/c1-6-25-23(29)17(3)26(14-18-10-12-19(32-4)13-11-18)22(28)15-27(33(5,30)31)21-9-7-8-20(24)16(21)2/h7-13,17H,6,14-15H2,1-5H3,(H,25,29)/t17-/m1/s1. The molecular weight excluding hydrogens is 466 g/mol. The summed E-state index contributed by atoms with van der Waals surface area (Å²) in [5.41, 5.74) is 1.62. The number of amides is 2. The van der Waals surface area contributed by atoms with Crippen LogP contribution in [0.3, 0.4) is 0 Å². The van der Waals surface area contributed by atoms with Crippen molar-refractivity contribution in [1.29, 1.82) is 0 Å². The SMILES string of the molecule is CCNC(=O)[C@@H](C)N(Cc1ccc(OC)cc1)C(=O)CN(c1cccc(Cl)c1C)S(C)(=O)=O. The molecule has 180 valence electrons. The van der Waals surface area contributed by atoms with Crippen LogP contribution in [0.25, 0.3) is 0 Å². The number of hydrogen-bond acceptors (Lipinski definition) is 5. The molecule has 0 radical (unpaired) electrons. The van der Waals surface area contributed by atoms with E-state index in [9.17, 15) is 18.0 Å². The van der Waals surface area contributed by atoms with Crippen LogP contribution in [0.5, 0.6) is 5.75 Å². The zero-order chi connectivity index (χ0) is 24.8. The van der Waals surface area contributed by atoms with Crippen LogP contribution in [-0.2, 0) is 26.2 Å². The van der Waals surface area contributed by atoms with Crippen LogP contribution in [0.1, 0.15) is 25.0 Å². The van der Waals surface area contributed by atoms with E-state index in [1.807, 2.05) is 0 Å². The number of rotatable bonds is 10. The highest BCUT2D eigenvalue weighted by atomic mass is 35.5. The third-order valence-electron chi connectivity index (χ3n) is 5.22. The largest absolute Gasteiger partial charge is 0.497 e. The molecule has 2 rings (SSSR count). The Kier molecular flexibility index (Phi) is 9.13. The van der Waals surface area contributed by atoms with Crippen molar-refractivity contribution < 1.29 is 22.7 Å². The van der Waals surface area contributed by atoms with E-state index in [0.29, 0.717) is 28.6 Å². The molecule has 0 spiro atoms. The van der Waals surface area contributed by atoms with E-state index in [1.165, 1.54) is 4.90 Å². The minimum Gasteiger partial charge on any atom is -0.497 e. The topological polar surface area (TPSA) is 96.0 Å². The molecule has 2 aromatic rings. The number of nitrogens with one attached hydrogen (secondary N) is 1. The Morgan fingerprint density at radius 2 is 1.79 bits per heavy atom. The lowest BCUT2D eigenvalue weighted by atomic mass is 10.1. The summed E-state index contributed by atoms with van der Waals surface area (Å²) in [6.45, 7) is 5.14. The minimum absolute atomic E-state index is 0.118. The van der Waals surface area contributed by atoms with Gasteiger partial charge in [-0.3, -0.25) is 13.9 Å². The number of likely N-dealkylation sites (N-methyl/N-ethyl adjacent to an activating group) is 1. The Morgan fingerprint density at radius 1 is 1.15 bits per heavy atom. The molecule has 0 aliphatic rings. The molecule has 2 aromatic carbocycles. The molecule has 8 nitrogen and oxygen atoms in total. The predicted octanol–water partition coefficient (Wildman–Crippen LogP) is 2.98. The second-order valence-corrected chi connectivity index (χ2v) is 9.91. The lowest BCUT2D eigenvalue weighted by Gasteiger charge is -2.32. The summed E-state index contributed by atoms with van der Waals surface area (Å²) < 4.78 is 31.4. The average molecular weight is 496 g/mol. The molecule has 0 saturated heterocycles. The number of carbonyl (C=O) groups is 2. The fraction of sp³-hybridized carbons (Fsp3) is 0.391. The first-order chi connectivity index (χ1) is 15.5. The van der Waals surface area contributed by atoms with Gasteiger partial charge in [-0.15, -0.1) is 0 Å². The highest BCUT2D eigenvalue weighted by Gasteiger charge is 2.30. The maximum Gasteiger partial charge on any atom is 0.244 e. The Labute approximate surface area is 200 Å². The maximum atomic E-state index is 13.4. The normalized spacial score (nSPS) is 12.1. The number of ether oxygens (including phenoxy) is 1. The Bertz CT molecular complexity index is 1090. The fourth-order valence-corrected chi connectivity index (χ4v) is 4.36. The smallest absolute Gasteiger partial charge is 0.244 e. The number of anilines is 1. The van der Waals surface area contributed by atoms with Gasteiger partial charge in [0.15, 0.2) is 0 Å². The van der Waals surface area contributed by atoms with Crippen LogP contribution in [0.2, 0.25) is 5.02 Å². The van der Waals surface area contributed by atoms with E-state index in [2.05, 4.69) is 5.32 Å². The number of methoxy groups -OCH3 is 1. The number of halogens is 1. The van der Waals surface area contributed by atoms with Gasteiger partial charge in [0.25, 0.3) is 0 Å². The molecule has 10 heteroatoms. The van der Waals surface area contributed by atoms with Gasteiger partial charge in [-0.25, -0.2) is 8.42 Å². The van der Waals surface area contributed by atoms with Crippen LogP contribution in [0.4, 0.5) is 5.69 Å². The highest BCUT2D eigenvalue weighted by Crippen LogP contribution is 2.28. The molecule has 0 saturated carbocycles. The summed E-state index contributed by atoms with van der Waals surface area (Å²) in [4.78, 5) is 27.4. The van der Waals surface area contributed by atoms with Crippen molar-refractivity contribution in [2.45, 2.75) is 33.4 Å². The lowest BCUT2D eigenvalue weighted by Crippen LogP contribution is -2.51. The molecule has 0 aromatic heterocycles. The van der Waals surface area contributed by atoms with Gasteiger partial charge in [-0.05, 0) is 56.2 Å². The van der Waals surface area contributed by atoms with Gasteiger partial charge < -0.3 is 15.0 Å². The summed E-state index contributed by atoms with van der Waals surface area (Å²) in [6, 6.07) is 11.1. The lowest BCUT2D eigenvalue weighted by molar-refractivity contribution is -0.139. The summed E-state index contributed by atoms with van der Waals surface area (Å²) in [6.07, 6.45) is 1.03. The molecule has 0 bridgehead atoms. The van der Waals surface area contributed by atoms with Crippen molar-refractivity contribution in [3.8, 4) is 5.75 Å². The highest BCUT2D eigenvalue weighted by molar-refractivity contribution is 7.92. The van der Waals surface area contributed by atoms with Crippen molar-refractivity contribution in [2.24, 2.45) is 0 Å². The third-order valence-corrected chi connectivity index (χ3v) is 6.75. The Morgan fingerprint density at radius 3 is 2.33 bits per heavy atom. The first-order valence-electron chi connectivity index (χ1n) is 10.4. The Balaban J connectivity index is 2.41. The first kappa shape index (κ1) is 26.5. The third kappa shape index (κ3) is 6.85. The molecule has 0 aliphatic heterocycles. The van der Waals surface area contributed by atoms with E-state index < -0.39 is 28.5 Å². The number of carbonyl (C=O) groups excluding carboxylic acids is 2. The molecule has 2 amide bonds. The van der Waals surface area contributed by atoms with Crippen LogP contribution < -0.4 is 14.4 Å². The van der Waals surface area contributed by atoms with Gasteiger partial charge in [-0.2, -0.15) is 0 Å².